The fourth-order valence-corrected chi connectivity index (χ4v) is 3.68. The van der Waals surface area contributed by atoms with Gasteiger partial charge in [0.25, 0.3) is 0 Å². The Kier molecular flexibility index (Phi) is 4.02. The molecule has 28 heavy (non-hydrogen) atoms. The second-order valence-corrected chi connectivity index (χ2v) is 7.15. The Hall–Kier alpha value is -2.65. The van der Waals surface area contributed by atoms with E-state index in [1.54, 1.807) is 23.0 Å². The van der Waals surface area contributed by atoms with Gasteiger partial charge < -0.3 is 15.4 Å². The van der Waals surface area contributed by atoms with Crippen molar-refractivity contribution in [3.8, 4) is 11.4 Å². The standard InChI is InChI=1S/C19H18F3N5O/c20-19(21,22)28-14-3-1-13(2-4-14)27-18-16(17(26-27)12-9-24-10-12)15(5-6-25-18)11-7-23-8-11/h1-6,11-12,23-24H,7-10H2. The van der Waals surface area contributed by atoms with Crippen LogP contribution in [-0.4, -0.2) is 47.3 Å². The van der Waals surface area contributed by atoms with E-state index in [4.69, 9.17) is 5.10 Å². The van der Waals surface area contributed by atoms with Crippen molar-refractivity contribution >= 4 is 11.0 Å². The van der Waals surface area contributed by atoms with Crippen LogP contribution in [0.4, 0.5) is 13.2 Å². The second kappa shape index (κ2) is 6.46. The SMILES string of the molecule is FC(F)(F)Oc1ccc(-n2nc(C3CNC3)c3c(C4CNC4)ccnc32)cc1. The predicted octanol–water partition coefficient (Wildman–Crippen LogP) is 2.69. The topological polar surface area (TPSA) is 64.0 Å². The maximum Gasteiger partial charge on any atom is 0.573 e. The minimum atomic E-state index is -4.71. The fourth-order valence-electron chi connectivity index (χ4n) is 3.68. The van der Waals surface area contributed by atoms with E-state index in [0.717, 1.165) is 42.9 Å². The number of fused-ring (bicyclic) bond motifs is 1. The third kappa shape index (κ3) is 3.00. The zero-order valence-corrected chi connectivity index (χ0v) is 14.8. The first kappa shape index (κ1) is 17.4. The number of nitrogens with one attached hydrogen (secondary N) is 2. The number of halogens is 3. The molecule has 4 heterocycles. The zero-order chi connectivity index (χ0) is 19.3. The summed E-state index contributed by atoms with van der Waals surface area (Å²) in [7, 11) is 0. The predicted molar refractivity (Wildman–Crippen MR) is 96.8 cm³/mol. The van der Waals surface area contributed by atoms with E-state index in [0.29, 0.717) is 17.5 Å². The van der Waals surface area contributed by atoms with Gasteiger partial charge in [0.05, 0.1) is 11.4 Å². The lowest BCUT2D eigenvalue weighted by Gasteiger charge is -2.30. The maximum absolute atomic E-state index is 12.4. The third-order valence-electron chi connectivity index (χ3n) is 5.33. The molecule has 5 rings (SSSR count). The van der Waals surface area contributed by atoms with Crippen molar-refractivity contribution in [2.24, 2.45) is 0 Å². The fraction of sp³-hybridized carbons (Fsp3) is 0.368. The first-order valence-corrected chi connectivity index (χ1v) is 9.15. The minimum absolute atomic E-state index is 0.259. The van der Waals surface area contributed by atoms with E-state index in [2.05, 4.69) is 26.4 Å². The molecular formula is C19H18F3N5O. The highest BCUT2D eigenvalue weighted by Crippen LogP contribution is 2.35. The quantitative estimate of drug-likeness (QED) is 0.719. The molecule has 146 valence electrons. The normalized spacial score (nSPS) is 18.1. The molecular weight excluding hydrogens is 371 g/mol. The molecule has 9 heteroatoms. The van der Waals surface area contributed by atoms with E-state index in [1.165, 1.54) is 17.7 Å². The van der Waals surface area contributed by atoms with Gasteiger partial charge in [-0.15, -0.1) is 13.2 Å². The smallest absolute Gasteiger partial charge is 0.406 e. The molecule has 2 fully saturated rings. The Morgan fingerprint density at radius 1 is 0.964 bits per heavy atom. The third-order valence-corrected chi connectivity index (χ3v) is 5.33. The lowest BCUT2D eigenvalue weighted by molar-refractivity contribution is -0.274. The molecule has 6 nitrogen and oxygen atoms in total. The van der Waals surface area contributed by atoms with E-state index >= 15 is 0 Å². The van der Waals surface area contributed by atoms with Crippen molar-refractivity contribution in [3.05, 3.63) is 47.8 Å². The van der Waals surface area contributed by atoms with Crippen molar-refractivity contribution in [1.82, 2.24) is 25.4 Å². The average Bonchev–Trinajstić information content (AvgIpc) is 2.91. The molecule has 2 aliphatic rings. The van der Waals surface area contributed by atoms with Crippen molar-refractivity contribution in [3.63, 3.8) is 0 Å². The van der Waals surface area contributed by atoms with Crippen molar-refractivity contribution in [2.45, 2.75) is 18.2 Å². The van der Waals surface area contributed by atoms with Crippen LogP contribution in [0.3, 0.4) is 0 Å². The van der Waals surface area contributed by atoms with Crippen LogP contribution in [0, 0.1) is 0 Å². The van der Waals surface area contributed by atoms with Crippen LogP contribution in [0.25, 0.3) is 16.7 Å². The Bertz CT molecular complexity index is 1010. The molecule has 2 aliphatic heterocycles. The largest absolute Gasteiger partial charge is 0.573 e. The summed E-state index contributed by atoms with van der Waals surface area (Å²) < 4.78 is 42.9. The lowest BCUT2D eigenvalue weighted by atomic mass is 9.88. The number of pyridine rings is 1. The summed E-state index contributed by atoms with van der Waals surface area (Å²) in [5, 5.41) is 12.5. The summed E-state index contributed by atoms with van der Waals surface area (Å²) in [4.78, 5) is 4.55. The lowest BCUT2D eigenvalue weighted by Crippen LogP contribution is -2.41. The van der Waals surface area contributed by atoms with E-state index in [1.807, 2.05) is 0 Å². The number of ether oxygens (including phenoxy) is 1. The van der Waals surface area contributed by atoms with Gasteiger partial charge in [0, 0.05) is 49.6 Å². The second-order valence-electron chi connectivity index (χ2n) is 7.15. The van der Waals surface area contributed by atoms with Gasteiger partial charge in [-0.1, -0.05) is 0 Å². The number of alkyl halides is 3. The number of hydrogen-bond acceptors (Lipinski definition) is 5. The first-order valence-electron chi connectivity index (χ1n) is 9.15. The van der Waals surface area contributed by atoms with Crippen molar-refractivity contribution in [2.75, 3.05) is 26.2 Å². The summed E-state index contributed by atoms with van der Waals surface area (Å²) in [5.41, 5.74) is 3.61. The van der Waals surface area contributed by atoms with E-state index < -0.39 is 6.36 Å². The van der Waals surface area contributed by atoms with Crippen LogP contribution in [0.2, 0.25) is 0 Å². The molecule has 2 N–H and O–H groups in total. The molecule has 0 amide bonds. The van der Waals surface area contributed by atoms with Crippen LogP contribution in [0.15, 0.2) is 36.5 Å². The summed E-state index contributed by atoms with van der Waals surface area (Å²) in [6, 6.07) is 7.77. The van der Waals surface area contributed by atoms with Crippen LogP contribution < -0.4 is 15.4 Å². The Balaban J connectivity index is 1.60. The highest BCUT2D eigenvalue weighted by molar-refractivity contribution is 5.85. The van der Waals surface area contributed by atoms with Crippen molar-refractivity contribution in [1.29, 1.82) is 0 Å². The molecule has 0 spiro atoms. The number of nitrogens with zero attached hydrogens (tertiary/aromatic N) is 3. The summed E-state index contributed by atoms with van der Waals surface area (Å²) >= 11 is 0. The number of benzene rings is 1. The van der Waals surface area contributed by atoms with Gasteiger partial charge in [-0.2, -0.15) is 5.10 Å². The van der Waals surface area contributed by atoms with Crippen LogP contribution in [0.1, 0.15) is 23.1 Å². The maximum atomic E-state index is 12.4. The van der Waals surface area contributed by atoms with E-state index in [-0.39, 0.29) is 5.75 Å². The molecule has 0 bridgehead atoms. The van der Waals surface area contributed by atoms with Gasteiger partial charge in [0.1, 0.15) is 5.75 Å². The van der Waals surface area contributed by atoms with Gasteiger partial charge in [0.2, 0.25) is 0 Å². The van der Waals surface area contributed by atoms with Gasteiger partial charge in [-0.3, -0.25) is 0 Å². The Morgan fingerprint density at radius 2 is 1.64 bits per heavy atom. The summed E-state index contributed by atoms with van der Waals surface area (Å²) in [6.07, 6.45) is -2.93. The molecule has 0 aliphatic carbocycles. The number of hydrogen-bond donors (Lipinski definition) is 2. The van der Waals surface area contributed by atoms with Gasteiger partial charge in [-0.05, 0) is 35.9 Å². The molecule has 2 aromatic heterocycles. The highest BCUT2D eigenvalue weighted by atomic mass is 19.4. The number of aromatic nitrogens is 3. The molecule has 0 radical (unpaired) electrons. The van der Waals surface area contributed by atoms with Crippen molar-refractivity contribution < 1.29 is 17.9 Å². The Labute approximate surface area is 158 Å². The highest BCUT2D eigenvalue weighted by Gasteiger charge is 2.32. The molecule has 3 aromatic rings. The minimum Gasteiger partial charge on any atom is -0.406 e. The monoisotopic (exact) mass is 389 g/mol. The van der Waals surface area contributed by atoms with Crippen LogP contribution >= 0.6 is 0 Å². The van der Waals surface area contributed by atoms with Gasteiger partial charge >= 0.3 is 6.36 Å². The molecule has 0 atom stereocenters. The van der Waals surface area contributed by atoms with Gasteiger partial charge in [-0.25, -0.2) is 9.67 Å². The first-order chi connectivity index (χ1) is 13.5. The van der Waals surface area contributed by atoms with Gasteiger partial charge in [0.15, 0.2) is 5.65 Å². The number of rotatable bonds is 4. The van der Waals surface area contributed by atoms with Crippen LogP contribution in [-0.2, 0) is 0 Å². The molecule has 0 saturated carbocycles. The average molecular weight is 389 g/mol. The summed E-state index contributed by atoms with van der Waals surface area (Å²) in [5.74, 6) is 0.482. The molecule has 2 saturated heterocycles. The molecule has 0 unspecified atom stereocenters. The zero-order valence-electron chi connectivity index (χ0n) is 14.8. The van der Waals surface area contributed by atoms with E-state index in [9.17, 15) is 13.2 Å². The molecule has 1 aromatic carbocycles. The van der Waals surface area contributed by atoms with Crippen LogP contribution in [0.5, 0.6) is 5.75 Å². The Morgan fingerprint density at radius 3 is 2.21 bits per heavy atom. The summed E-state index contributed by atoms with van der Waals surface area (Å²) in [6.45, 7) is 3.58.